The molecule has 4 unspecified atom stereocenters. The molecule has 4 rings (SSSR count). The highest BCUT2D eigenvalue weighted by atomic mass is 16.6. The number of nitrogen functional groups attached to an aromatic ring is 1. The summed E-state index contributed by atoms with van der Waals surface area (Å²) in [6.07, 6.45) is -0.920. The lowest BCUT2D eigenvalue weighted by Gasteiger charge is -2.11. The fourth-order valence-corrected chi connectivity index (χ4v) is 3.12. The highest BCUT2D eigenvalue weighted by molar-refractivity contribution is 6.06. The molecule has 10 nitrogen and oxygen atoms in total. The van der Waals surface area contributed by atoms with Crippen LogP contribution in [0.25, 0.3) is 22.1 Å². The molecule has 1 aliphatic rings. The van der Waals surface area contributed by atoms with E-state index in [1.165, 1.54) is 6.33 Å². The summed E-state index contributed by atoms with van der Waals surface area (Å²) in [5, 5.41) is 35.1. The molecule has 1 fully saturated rings. The lowest BCUT2D eigenvalue weighted by Crippen LogP contribution is -2.45. The van der Waals surface area contributed by atoms with Crippen LogP contribution in [-0.2, 0) is 11.8 Å². The molecule has 6 N–H and O–H groups in total. The van der Waals surface area contributed by atoms with E-state index in [1.807, 2.05) is 0 Å². The maximum Gasteiger partial charge on any atom is 0.338 e. The predicted octanol–water partition coefficient (Wildman–Crippen LogP) is -2.07. The van der Waals surface area contributed by atoms with E-state index in [1.54, 1.807) is 22.5 Å². The molecule has 0 aromatic carbocycles. The van der Waals surface area contributed by atoms with Crippen LogP contribution in [0.5, 0.6) is 0 Å². The molecular weight excluding hydrogens is 304 g/mol. The largest absolute Gasteiger partial charge is 0.394 e. The Morgan fingerprint density at radius 2 is 2.22 bits per heavy atom. The molecule has 1 aliphatic heterocycles. The number of aromatic amines is 1. The smallest absolute Gasteiger partial charge is 0.338 e. The molecule has 0 aliphatic carbocycles. The minimum absolute atomic E-state index is 0.317. The van der Waals surface area contributed by atoms with Gasteiger partial charge in [-0.3, -0.25) is 0 Å². The van der Waals surface area contributed by atoms with Crippen LogP contribution in [0, 0.1) is 0 Å². The Labute approximate surface area is 129 Å². The SMILES string of the molecule is Cn1nc(N)c2c[n+](C3OC(CO)C(O)C3O)c3nc[nH]c1c23. The zero-order valence-electron chi connectivity index (χ0n) is 12.3. The van der Waals surface area contributed by atoms with Gasteiger partial charge in [0.05, 0.1) is 12.0 Å². The van der Waals surface area contributed by atoms with Gasteiger partial charge in [0.15, 0.2) is 5.82 Å². The Kier molecular flexibility index (Phi) is 3.03. The molecule has 23 heavy (non-hydrogen) atoms. The first-order valence-electron chi connectivity index (χ1n) is 7.14. The number of anilines is 1. The number of aliphatic hydroxyl groups excluding tert-OH is 3. The van der Waals surface area contributed by atoms with Crippen LogP contribution in [0.4, 0.5) is 5.82 Å². The van der Waals surface area contributed by atoms with Gasteiger partial charge in [-0.05, 0) is 4.98 Å². The summed E-state index contributed by atoms with van der Waals surface area (Å²) in [6.45, 7) is -0.389. The van der Waals surface area contributed by atoms with Crippen molar-refractivity contribution in [3.8, 4) is 0 Å². The van der Waals surface area contributed by atoms with Crippen molar-refractivity contribution in [3.05, 3.63) is 12.5 Å². The zero-order chi connectivity index (χ0) is 16.3. The first kappa shape index (κ1) is 14.3. The third kappa shape index (κ3) is 1.86. The van der Waals surface area contributed by atoms with Crippen LogP contribution < -0.4 is 10.3 Å². The topological polar surface area (TPSA) is 146 Å². The summed E-state index contributed by atoms with van der Waals surface area (Å²) in [5.41, 5.74) is 7.23. The number of nitrogens with two attached hydrogens (primary N) is 1. The number of aliphatic hydroxyl groups is 3. The van der Waals surface area contributed by atoms with Crippen molar-refractivity contribution in [2.45, 2.75) is 24.5 Å². The molecule has 0 radical (unpaired) electrons. The molecule has 4 heterocycles. The molecule has 10 heteroatoms. The Hall–Kier alpha value is -2.27. The lowest BCUT2D eigenvalue weighted by molar-refractivity contribution is -0.743. The summed E-state index contributed by atoms with van der Waals surface area (Å²) in [6, 6.07) is 0. The number of rotatable bonds is 2. The van der Waals surface area contributed by atoms with Crippen molar-refractivity contribution in [3.63, 3.8) is 0 Å². The van der Waals surface area contributed by atoms with Crippen molar-refractivity contribution >= 4 is 27.9 Å². The number of nitrogens with one attached hydrogen (secondary N) is 1. The van der Waals surface area contributed by atoms with E-state index < -0.39 is 24.5 Å². The summed E-state index contributed by atoms with van der Waals surface area (Å²) >= 11 is 0. The van der Waals surface area contributed by atoms with Gasteiger partial charge in [0, 0.05) is 7.05 Å². The van der Waals surface area contributed by atoms with Crippen molar-refractivity contribution < 1.29 is 24.6 Å². The second kappa shape index (κ2) is 4.86. The maximum absolute atomic E-state index is 10.2. The van der Waals surface area contributed by atoms with Gasteiger partial charge in [-0.2, -0.15) is 9.67 Å². The fraction of sp³-hybridized carbons (Fsp3) is 0.462. The van der Waals surface area contributed by atoms with E-state index >= 15 is 0 Å². The molecule has 4 atom stereocenters. The maximum atomic E-state index is 10.2. The van der Waals surface area contributed by atoms with E-state index in [9.17, 15) is 15.3 Å². The number of hydrogen-bond donors (Lipinski definition) is 5. The molecule has 0 spiro atoms. The Balaban J connectivity index is 1.96. The van der Waals surface area contributed by atoms with Gasteiger partial charge in [0.1, 0.15) is 35.5 Å². The van der Waals surface area contributed by atoms with Crippen LogP contribution in [-0.4, -0.2) is 60.0 Å². The second-order valence-electron chi connectivity index (χ2n) is 5.64. The number of hydrogen-bond acceptors (Lipinski definition) is 7. The average Bonchev–Trinajstić information content (AvgIpc) is 3.05. The molecule has 3 aromatic heterocycles. The molecule has 1 saturated heterocycles. The number of aromatic nitrogens is 5. The van der Waals surface area contributed by atoms with Gasteiger partial charge in [-0.1, -0.05) is 0 Å². The quantitative estimate of drug-likeness (QED) is 0.341. The second-order valence-corrected chi connectivity index (χ2v) is 5.64. The third-order valence-electron chi connectivity index (χ3n) is 4.28. The summed E-state index contributed by atoms with van der Waals surface area (Å²) in [4.78, 5) is 7.32. The van der Waals surface area contributed by atoms with E-state index in [-0.39, 0.29) is 6.61 Å². The number of aryl methyl sites for hydroxylation is 1. The Morgan fingerprint density at radius 1 is 1.43 bits per heavy atom. The normalized spacial score (nSPS) is 28.2. The van der Waals surface area contributed by atoms with Crippen molar-refractivity contribution in [1.82, 2.24) is 19.7 Å². The Morgan fingerprint density at radius 3 is 2.91 bits per heavy atom. The monoisotopic (exact) mass is 321 g/mol. The van der Waals surface area contributed by atoms with Gasteiger partial charge >= 0.3 is 5.65 Å². The van der Waals surface area contributed by atoms with Crippen LogP contribution in [0.1, 0.15) is 6.23 Å². The summed E-state index contributed by atoms with van der Waals surface area (Å²) in [5.74, 6) is 0.317. The first-order chi connectivity index (χ1) is 11.0. The molecule has 122 valence electrons. The average molecular weight is 321 g/mol. The van der Waals surface area contributed by atoms with E-state index in [0.29, 0.717) is 22.5 Å². The number of nitrogens with zero attached hydrogens (tertiary/aromatic N) is 4. The fourth-order valence-electron chi connectivity index (χ4n) is 3.12. The molecule has 0 bridgehead atoms. The minimum atomic E-state index is -1.19. The minimum Gasteiger partial charge on any atom is -0.394 e. The Bertz CT molecular complexity index is 889. The molecule has 3 aromatic rings. The zero-order valence-corrected chi connectivity index (χ0v) is 12.3. The number of ether oxygens (including phenoxy) is 1. The van der Waals surface area contributed by atoms with Crippen LogP contribution in [0.2, 0.25) is 0 Å². The predicted molar refractivity (Wildman–Crippen MR) is 78.0 cm³/mol. The molecule has 0 saturated carbocycles. The van der Waals surface area contributed by atoms with Gasteiger partial charge in [0.2, 0.25) is 12.6 Å². The summed E-state index contributed by atoms with van der Waals surface area (Å²) < 4.78 is 8.79. The van der Waals surface area contributed by atoms with Crippen LogP contribution in [0.15, 0.2) is 12.5 Å². The van der Waals surface area contributed by atoms with Gasteiger partial charge in [0.25, 0.3) is 0 Å². The van der Waals surface area contributed by atoms with Crippen molar-refractivity contribution in [2.24, 2.45) is 7.05 Å². The molecule has 0 amide bonds. The van der Waals surface area contributed by atoms with E-state index in [4.69, 9.17) is 10.5 Å². The van der Waals surface area contributed by atoms with Crippen molar-refractivity contribution in [2.75, 3.05) is 12.3 Å². The van der Waals surface area contributed by atoms with Crippen LogP contribution in [0.3, 0.4) is 0 Å². The highest BCUT2D eigenvalue weighted by Gasteiger charge is 2.47. The van der Waals surface area contributed by atoms with Gasteiger partial charge in [-0.15, -0.1) is 0 Å². The van der Waals surface area contributed by atoms with Crippen LogP contribution >= 0.6 is 0 Å². The van der Waals surface area contributed by atoms with Gasteiger partial charge < -0.3 is 30.8 Å². The third-order valence-corrected chi connectivity index (χ3v) is 4.28. The standard InChI is InChI=1S/C13H16N6O4/c1-18-11-7-5(10(14)17-18)2-19(12(7)16-4-15-11)13-9(22)8(21)6(3-20)23-13/h2,4,6,8-9,13,20-22H,3H2,1H3,(H2,14,17)/p+1. The van der Waals surface area contributed by atoms with Gasteiger partial charge in [-0.25, -0.2) is 4.68 Å². The first-order valence-corrected chi connectivity index (χ1v) is 7.14. The molecular formula is C13H17N6O4+. The number of H-pyrrole nitrogens is 1. The summed E-state index contributed by atoms with van der Waals surface area (Å²) in [7, 11) is 1.75. The lowest BCUT2D eigenvalue weighted by atomic mass is 10.1. The highest BCUT2D eigenvalue weighted by Crippen LogP contribution is 2.30. The van der Waals surface area contributed by atoms with E-state index in [0.717, 1.165) is 5.39 Å². The van der Waals surface area contributed by atoms with E-state index in [2.05, 4.69) is 15.1 Å². The van der Waals surface area contributed by atoms with Crippen molar-refractivity contribution in [1.29, 1.82) is 0 Å².